The molecule has 0 amide bonds. The first-order valence-corrected chi connectivity index (χ1v) is 11.2. The molecule has 20 heavy (non-hydrogen) atoms. The van der Waals surface area contributed by atoms with Gasteiger partial charge in [0.25, 0.3) is 0 Å². The van der Waals surface area contributed by atoms with Crippen LogP contribution in [0.15, 0.2) is 41.2 Å². The minimum Gasteiger partial charge on any atom is -1.00 e. The van der Waals surface area contributed by atoms with Crippen molar-refractivity contribution in [3.63, 3.8) is 0 Å². The number of aryl methyl sites for hydroxylation is 1. The summed E-state index contributed by atoms with van der Waals surface area (Å²) < 4.78 is 0. The molecule has 1 nitrogen and oxygen atoms in total. The molecule has 1 radical (unpaired) electrons. The fraction of sp³-hybridized carbons (Fsp3) is 0.357. The van der Waals surface area contributed by atoms with Crippen LogP contribution in [0.3, 0.4) is 0 Å². The standard InChI is InChI=1S/C14H17BrNSi.2ClH.Cr/c1-17(2,15)14-9-7-12(11-14)6-8-13-5-3-4-10-16-13;;;/h3-5,9-10H,6-8H2,1-2H3;2*1H;/q-1;;;+3/p-2. The average molecular weight is 430 g/mol. The zero-order chi connectivity index (χ0) is 12.3. The van der Waals surface area contributed by atoms with Gasteiger partial charge in [0.15, 0.2) is 0 Å². The van der Waals surface area contributed by atoms with E-state index in [2.05, 4.69) is 51.6 Å². The van der Waals surface area contributed by atoms with Crippen LogP contribution in [0.4, 0.5) is 0 Å². The number of rotatable bonds is 4. The molecule has 1 aliphatic rings. The number of pyridine rings is 1. The maximum atomic E-state index is 4.35. The molecule has 1 aromatic heterocycles. The summed E-state index contributed by atoms with van der Waals surface area (Å²) >= 11 is 3.81. The van der Waals surface area contributed by atoms with Crippen molar-refractivity contribution in [2.45, 2.75) is 32.4 Å². The number of aromatic nitrogens is 1. The van der Waals surface area contributed by atoms with E-state index >= 15 is 0 Å². The summed E-state index contributed by atoms with van der Waals surface area (Å²) in [5.41, 5.74) is 2.59. The topological polar surface area (TPSA) is 12.9 Å². The van der Waals surface area contributed by atoms with Crippen LogP contribution in [0.25, 0.3) is 0 Å². The molecule has 1 aromatic rings. The zero-order valence-electron chi connectivity index (χ0n) is 11.5. The molecule has 0 spiro atoms. The van der Waals surface area contributed by atoms with Crippen molar-refractivity contribution in [3.05, 3.63) is 53.0 Å². The van der Waals surface area contributed by atoms with E-state index in [1.807, 2.05) is 18.3 Å². The van der Waals surface area contributed by atoms with Crippen LogP contribution in [0.1, 0.15) is 18.5 Å². The molecule has 0 saturated heterocycles. The van der Waals surface area contributed by atoms with Gasteiger partial charge in [-0.15, -0.1) is 15.3 Å². The quantitative estimate of drug-likeness (QED) is 0.313. The van der Waals surface area contributed by atoms with Crippen LogP contribution in [-0.4, -0.2) is 11.7 Å². The molecule has 0 bridgehead atoms. The van der Waals surface area contributed by atoms with Gasteiger partial charge >= 0.3 is 17.4 Å². The molecule has 6 heteroatoms. The fourth-order valence-electron chi connectivity index (χ4n) is 1.90. The Morgan fingerprint density at radius 1 is 1.25 bits per heavy atom. The van der Waals surface area contributed by atoms with Gasteiger partial charge in [-0.05, 0) is 25.0 Å². The van der Waals surface area contributed by atoms with Crippen molar-refractivity contribution in [2.24, 2.45) is 0 Å². The van der Waals surface area contributed by atoms with E-state index in [0.29, 0.717) is 0 Å². The monoisotopic (exact) mass is 428 g/mol. The first-order valence-electron chi connectivity index (χ1n) is 5.97. The maximum Gasteiger partial charge on any atom is 3.00 e. The number of hydrogen-bond acceptors (Lipinski definition) is 1. The number of halogens is 3. The van der Waals surface area contributed by atoms with Crippen LogP contribution in [0.5, 0.6) is 0 Å². The summed E-state index contributed by atoms with van der Waals surface area (Å²) in [6.45, 7) is 3.25. The molecular formula is C14H17BrCl2CrNSi. The van der Waals surface area contributed by atoms with E-state index in [0.717, 1.165) is 19.3 Å². The Kier molecular flexibility index (Phi) is 11.6. The predicted molar refractivity (Wildman–Crippen MR) is 78.4 cm³/mol. The molecule has 0 saturated carbocycles. The van der Waals surface area contributed by atoms with Crippen molar-refractivity contribution in [1.82, 2.24) is 4.98 Å². The van der Waals surface area contributed by atoms with Gasteiger partial charge in [0, 0.05) is 11.9 Å². The minimum absolute atomic E-state index is 0. The molecule has 0 atom stereocenters. The van der Waals surface area contributed by atoms with Crippen LogP contribution >= 0.6 is 15.3 Å². The Labute approximate surface area is 153 Å². The Bertz CT molecular complexity index is 458. The number of hydrogen-bond donors (Lipinski definition) is 0. The Morgan fingerprint density at radius 3 is 2.45 bits per heavy atom. The van der Waals surface area contributed by atoms with Gasteiger partial charge in [-0.25, -0.2) is 11.3 Å². The first kappa shape index (κ1) is 22.7. The maximum absolute atomic E-state index is 4.35. The van der Waals surface area contributed by atoms with E-state index in [-0.39, 0.29) is 42.2 Å². The SMILES string of the molecule is C[Si](C)(Br)C1=CCC(CCc2ccccn2)=[C-]1.[Cl-].[Cl-].[Cr+3]. The zero-order valence-corrected chi connectivity index (χ0v) is 16.9. The molecule has 0 aromatic carbocycles. The number of allylic oxidation sites excluding steroid dienone is 4. The van der Waals surface area contributed by atoms with Gasteiger partial charge < -0.3 is 24.8 Å². The van der Waals surface area contributed by atoms with Crippen LogP contribution in [0, 0.1) is 6.08 Å². The van der Waals surface area contributed by atoms with Crippen molar-refractivity contribution in [3.8, 4) is 0 Å². The molecule has 0 fully saturated rings. The summed E-state index contributed by atoms with van der Waals surface area (Å²) in [7, 11) is 0. The second-order valence-corrected chi connectivity index (χ2v) is 14.3. The smallest absolute Gasteiger partial charge is 1.00 e. The second-order valence-electron chi connectivity index (χ2n) is 4.84. The summed E-state index contributed by atoms with van der Waals surface area (Å²) in [5.74, 6) is 0. The molecule has 1 heterocycles. The molecule has 2 rings (SSSR count). The number of nitrogens with zero attached hydrogens (tertiary/aromatic N) is 1. The van der Waals surface area contributed by atoms with Crippen LogP contribution in [0.2, 0.25) is 13.1 Å². The van der Waals surface area contributed by atoms with Gasteiger partial charge in [-0.2, -0.15) is 5.57 Å². The third-order valence-corrected chi connectivity index (χ3v) is 5.81. The van der Waals surface area contributed by atoms with Gasteiger partial charge in [0.2, 0.25) is 0 Å². The first-order chi connectivity index (χ1) is 8.05. The van der Waals surface area contributed by atoms with Gasteiger partial charge in [-0.1, -0.05) is 25.6 Å². The van der Waals surface area contributed by atoms with E-state index in [9.17, 15) is 0 Å². The Balaban J connectivity index is 0. The molecule has 0 aliphatic heterocycles. The third kappa shape index (κ3) is 6.93. The third-order valence-electron chi connectivity index (χ3n) is 2.91. The van der Waals surface area contributed by atoms with Gasteiger partial charge in [0.1, 0.15) is 6.69 Å². The van der Waals surface area contributed by atoms with Gasteiger partial charge in [0.05, 0.1) is 0 Å². The van der Waals surface area contributed by atoms with Crippen molar-refractivity contribution >= 4 is 22.0 Å². The fourth-order valence-corrected chi connectivity index (χ4v) is 3.74. The normalized spacial score (nSPS) is 13.3. The molecular weight excluding hydrogens is 413 g/mol. The average Bonchev–Trinajstić information content (AvgIpc) is 2.76. The summed E-state index contributed by atoms with van der Waals surface area (Å²) in [5, 5.41) is 1.41. The Morgan fingerprint density at radius 2 is 1.95 bits per heavy atom. The van der Waals surface area contributed by atoms with Crippen LogP contribution < -0.4 is 24.8 Å². The second kappa shape index (κ2) is 10.2. The Hall–Kier alpha value is 0.439. The molecule has 0 unspecified atom stereocenters. The summed E-state index contributed by atoms with van der Waals surface area (Å²) in [6.07, 6.45) is 10.9. The summed E-state index contributed by atoms with van der Waals surface area (Å²) in [6, 6.07) is 6.10. The predicted octanol–water partition coefficient (Wildman–Crippen LogP) is -1.78. The largest absolute Gasteiger partial charge is 3.00 e. The van der Waals surface area contributed by atoms with E-state index < -0.39 is 6.69 Å². The van der Waals surface area contributed by atoms with E-state index in [4.69, 9.17) is 0 Å². The molecule has 1 aliphatic carbocycles. The van der Waals surface area contributed by atoms with Crippen LogP contribution in [-0.2, 0) is 23.8 Å². The van der Waals surface area contributed by atoms with Crippen molar-refractivity contribution in [2.75, 3.05) is 0 Å². The van der Waals surface area contributed by atoms with E-state index in [1.165, 1.54) is 16.5 Å². The van der Waals surface area contributed by atoms with Crippen molar-refractivity contribution < 1.29 is 42.2 Å². The van der Waals surface area contributed by atoms with Crippen molar-refractivity contribution in [1.29, 1.82) is 0 Å². The molecule has 0 N–H and O–H groups in total. The summed E-state index contributed by atoms with van der Waals surface area (Å²) in [4.78, 5) is 4.35. The van der Waals surface area contributed by atoms with Gasteiger partial charge in [-0.3, -0.25) is 11.1 Å². The minimum atomic E-state index is -1.35. The molecule has 109 valence electrons. The van der Waals surface area contributed by atoms with E-state index in [1.54, 1.807) is 0 Å².